The number of carbonyl (C=O) groups is 1. The molecule has 0 heterocycles. The minimum absolute atomic E-state index is 0.237. The fourth-order valence-corrected chi connectivity index (χ4v) is 0.273. The molecule has 8 heteroatoms. The standard InChI is InChI=1S/C6H10O4.H3O3P/c1-4(2)6(9)10-3-5(7)8;1-4(2)3/h5,7-8H,1,3H2,2H3;1-3H. The first-order chi connectivity index (χ1) is 6.27. The van der Waals surface area contributed by atoms with Crippen molar-refractivity contribution in [2.24, 2.45) is 0 Å². The average Bonchev–Trinajstić information content (AvgIpc) is 1.98. The van der Waals surface area contributed by atoms with Gasteiger partial charge in [0.15, 0.2) is 6.29 Å². The van der Waals surface area contributed by atoms with E-state index in [1.165, 1.54) is 6.92 Å². The van der Waals surface area contributed by atoms with Gasteiger partial charge in [0.05, 0.1) is 0 Å². The van der Waals surface area contributed by atoms with E-state index in [0.717, 1.165) is 0 Å². The van der Waals surface area contributed by atoms with E-state index in [9.17, 15) is 4.79 Å². The number of ether oxygens (including phenoxy) is 1. The Hall–Kier alpha value is -0.560. The third-order valence-electron chi connectivity index (χ3n) is 0.712. The van der Waals surface area contributed by atoms with Crippen LogP contribution in [0.2, 0.25) is 0 Å². The van der Waals surface area contributed by atoms with Crippen LogP contribution < -0.4 is 0 Å². The van der Waals surface area contributed by atoms with Crippen molar-refractivity contribution in [2.45, 2.75) is 13.2 Å². The third-order valence-corrected chi connectivity index (χ3v) is 0.712. The third kappa shape index (κ3) is 17.5. The lowest BCUT2D eigenvalue weighted by Gasteiger charge is -2.04. The summed E-state index contributed by atoms with van der Waals surface area (Å²) in [6.45, 7) is 4.36. The van der Waals surface area contributed by atoms with Gasteiger partial charge in [0.2, 0.25) is 0 Å². The molecule has 7 nitrogen and oxygen atoms in total. The van der Waals surface area contributed by atoms with Gasteiger partial charge in [-0.2, -0.15) is 0 Å². The van der Waals surface area contributed by atoms with E-state index in [1.807, 2.05) is 0 Å². The van der Waals surface area contributed by atoms with Gasteiger partial charge in [0.1, 0.15) is 6.61 Å². The Morgan fingerprint density at radius 2 is 1.79 bits per heavy atom. The van der Waals surface area contributed by atoms with Gasteiger partial charge in [0.25, 0.3) is 0 Å². The molecule has 0 fully saturated rings. The molecule has 0 radical (unpaired) electrons. The van der Waals surface area contributed by atoms with Crippen LogP contribution in [0, 0.1) is 0 Å². The van der Waals surface area contributed by atoms with Crippen LogP contribution in [0.15, 0.2) is 12.2 Å². The van der Waals surface area contributed by atoms with Gasteiger partial charge in [-0.05, 0) is 6.92 Å². The van der Waals surface area contributed by atoms with Crippen molar-refractivity contribution in [3.05, 3.63) is 12.2 Å². The van der Waals surface area contributed by atoms with Crippen molar-refractivity contribution >= 4 is 14.6 Å². The molecule has 84 valence electrons. The zero-order valence-electron chi connectivity index (χ0n) is 7.49. The van der Waals surface area contributed by atoms with Crippen LogP contribution >= 0.6 is 8.60 Å². The number of aliphatic hydroxyl groups is 2. The van der Waals surface area contributed by atoms with Gasteiger partial charge in [0, 0.05) is 5.57 Å². The second-order valence-corrected chi connectivity index (χ2v) is 2.66. The zero-order chi connectivity index (χ0) is 11.7. The molecule has 0 aliphatic carbocycles. The maximum Gasteiger partial charge on any atom is 0.333 e. The van der Waals surface area contributed by atoms with Crippen LogP contribution in [0.4, 0.5) is 0 Å². The van der Waals surface area contributed by atoms with Crippen molar-refractivity contribution in [3.63, 3.8) is 0 Å². The molecular formula is C6H13O7P. The van der Waals surface area contributed by atoms with Gasteiger partial charge in [-0.25, -0.2) is 4.79 Å². The van der Waals surface area contributed by atoms with Crippen LogP contribution in [-0.2, 0) is 9.53 Å². The predicted octanol–water partition coefficient (Wildman–Crippen LogP) is -1.39. The highest BCUT2D eigenvalue weighted by Crippen LogP contribution is 2.11. The Labute approximate surface area is 81.9 Å². The lowest BCUT2D eigenvalue weighted by Crippen LogP contribution is -2.17. The highest BCUT2D eigenvalue weighted by atomic mass is 31.2. The van der Waals surface area contributed by atoms with Gasteiger partial charge >= 0.3 is 14.6 Å². The first-order valence-electron chi connectivity index (χ1n) is 3.33. The topological polar surface area (TPSA) is 127 Å². The summed E-state index contributed by atoms with van der Waals surface area (Å²) in [4.78, 5) is 32.2. The summed E-state index contributed by atoms with van der Waals surface area (Å²) in [6.07, 6.45) is -1.61. The molecule has 0 aliphatic heterocycles. The first-order valence-corrected chi connectivity index (χ1v) is 4.53. The summed E-state index contributed by atoms with van der Waals surface area (Å²) in [5.41, 5.74) is 0.237. The van der Waals surface area contributed by atoms with Crippen molar-refractivity contribution in [2.75, 3.05) is 6.61 Å². The molecule has 0 saturated carbocycles. The second-order valence-electron chi connectivity index (χ2n) is 2.13. The summed E-state index contributed by atoms with van der Waals surface area (Å²) in [7, 11) is -2.62. The van der Waals surface area contributed by atoms with Crippen LogP contribution in [0.25, 0.3) is 0 Å². The van der Waals surface area contributed by atoms with Crippen molar-refractivity contribution < 1.29 is 34.4 Å². The molecule has 0 aromatic rings. The van der Waals surface area contributed by atoms with Crippen molar-refractivity contribution in [1.82, 2.24) is 0 Å². The molecule has 0 bridgehead atoms. The highest BCUT2D eigenvalue weighted by molar-refractivity contribution is 7.38. The smallest absolute Gasteiger partial charge is 0.333 e. The fourth-order valence-electron chi connectivity index (χ4n) is 0.273. The lowest BCUT2D eigenvalue weighted by molar-refractivity contribution is -0.151. The Morgan fingerprint density at radius 3 is 2.00 bits per heavy atom. The monoisotopic (exact) mass is 228 g/mol. The average molecular weight is 228 g/mol. The van der Waals surface area contributed by atoms with E-state index in [0.29, 0.717) is 0 Å². The molecule has 0 amide bonds. The molecule has 14 heavy (non-hydrogen) atoms. The Balaban J connectivity index is 0. The first kappa shape index (κ1) is 15.9. The van der Waals surface area contributed by atoms with E-state index in [1.54, 1.807) is 0 Å². The van der Waals surface area contributed by atoms with Crippen molar-refractivity contribution in [1.29, 1.82) is 0 Å². The predicted molar refractivity (Wildman–Crippen MR) is 47.6 cm³/mol. The number of carbonyl (C=O) groups excluding carboxylic acids is 1. The quantitative estimate of drug-likeness (QED) is 0.174. The Kier molecular flexibility index (Phi) is 10.2. The number of esters is 1. The molecule has 0 rings (SSSR count). The van der Waals surface area contributed by atoms with Gasteiger partial charge < -0.3 is 29.6 Å². The summed E-state index contributed by atoms with van der Waals surface area (Å²) >= 11 is 0. The molecule has 0 aromatic heterocycles. The number of aliphatic hydroxyl groups excluding tert-OH is 1. The van der Waals surface area contributed by atoms with Crippen LogP contribution in [0.5, 0.6) is 0 Å². The maximum atomic E-state index is 10.5. The molecular weight excluding hydrogens is 215 g/mol. The zero-order valence-corrected chi connectivity index (χ0v) is 8.39. The van der Waals surface area contributed by atoms with E-state index in [4.69, 9.17) is 24.9 Å². The Bertz CT molecular complexity index is 176. The second kappa shape index (κ2) is 9.01. The molecule has 0 aliphatic rings. The largest absolute Gasteiger partial charge is 0.457 e. The number of rotatable bonds is 3. The molecule has 5 N–H and O–H groups in total. The summed E-state index contributed by atoms with van der Waals surface area (Å²) < 4.78 is 4.33. The van der Waals surface area contributed by atoms with E-state index in [2.05, 4.69) is 11.3 Å². The van der Waals surface area contributed by atoms with E-state index >= 15 is 0 Å². The minimum Gasteiger partial charge on any atom is -0.457 e. The molecule has 0 unspecified atom stereocenters. The number of hydrogen-bond acceptors (Lipinski definition) is 7. The van der Waals surface area contributed by atoms with Crippen molar-refractivity contribution in [3.8, 4) is 0 Å². The summed E-state index contributed by atoms with van der Waals surface area (Å²) in [6, 6.07) is 0. The maximum absolute atomic E-state index is 10.5. The molecule has 0 saturated heterocycles. The molecule has 0 atom stereocenters. The summed E-state index contributed by atoms with van der Waals surface area (Å²) in [5, 5.41) is 16.5. The normalized spacial score (nSPS) is 9.43. The fraction of sp³-hybridized carbons (Fsp3) is 0.500. The van der Waals surface area contributed by atoms with E-state index in [-0.39, 0.29) is 5.57 Å². The van der Waals surface area contributed by atoms with E-state index < -0.39 is 27.5 Å². The SMILES string of the molecule is C=C(C)C(=O)OCC(O)O.OP(O)O. The lowest BCUT2D eigenvalue weighted by atomic mass is 10.4. The highest BCUT2D eigenvalue weighted by Gasteiger charge is 2.04. The Morgan fingerprint density at radius 1 is 1.43 bits per heavy atom. The van der Waals surface area contributed by atoms with Gasteiger partial charge in [-0.3, -0.25) is 0 Å². The van der Waals surface area contributed by atoms with Crippen LogP contribution in [0.3, 0.4) is 0 Å². The van der Waals surface area contributed by atoms with Crippen LogP contribution in [0.1, 0.15) is 6.92 Å². The summed E-state index contributed by atoms with van der Waals surface area (Å²) in [5.74, 6) is -0.617. The van der Waals surface area contributed by atoms with Crippen LogP contribution in [-0.4, -0.2) is 43.8 Å². The number of hydrogen-bond donors (Lipinski definition) is 5. The van der Waals surface area contributed by atoms with Gasteiger partial charge in [-0.15, -0.1) is 0 Å². The molecule has 0 aromatic carbocycles. The molecule has 0 spiro atoms. The van der Waals surface area contributed by atoms with Gasteiger partial charge in [-0.1, -0.05) is 6.58 Å². The minimum atomic E-state index is -2.62.